The summed E-state index contributed by atoms with van der Waals surface area (Å²) < 4.78 is 10.4. The molecule has 0 radical (unpaired) electrons. The Bertz CT molecular complexity index is 352. The lowest BCUT2D eigenvalue weighted by Crippen LogP contribution is -2.32. The number of aromatic hydroxyl groups is 1. The Hall–Kier alpha value is -1.32. The first-order chi connectivity index (χ1) is 7.13. The highest BCUT2D eigenvalue weighted by Crippen LogP contribution is 2.11. The van der Waals surface area contributed by atoms with Crippen LogP contribution in [0.5, 0.6) is 5.75 Å². The largest absolute Gasteiger partial charge is 0.508 e. The molecule has 0 fully saturated rings. The summed E-state index contributed by atoms with van der Waals surface area (Å²) >= 11 is 0. The number of rotatable bonds is 5. The lowest BCUT2D eigenvalue weighted by atomic mass is 10.1. The van der Waals surface area contributed by atoms with Gasteiger partial charge >= 0.3 is 5.97 Å². The minimum atomic E-state index is -1.29. The number of aliphatic carboxylic acids is 1. The van der Waals surface area contributed by atoms with Crippen LogP contribution in [0.3, 0.4) is 0 Å². The third kappa shape index (κ3) is 3.73. The molecular weight excluding hydrogens is 217 g/mol. The number of carboxylic acid groups (broad SMARTS) is 1. The van der Waals surface area contributed by atoms with Gasteiger partial charge in [0.15, 0.2) is 0 Å². The molecule has 5 nitrogen and oxygen atoms in total. The van der Waals surface area contributed by atoms with Crippen LogP contribution >= 0.6 is 8.61 Å². The van der Waals surface area contributed by atoms with Gasteiger partial charge in [-0.15, -0.1) is 0 Å². The summed E-state index contributed by atoms with van der Waals surface area (Å²) in [6.07, 6.45) is 0.241. The van der Waals surface area contributed by atoms with E-state index in [9.17, 15) is 9.36 Å². The van der Waals surface area contributed by atoms with E-state index >= 15 is 0 Å². The Morgan fingerprint density at radius 3 is 2.47 bits per heavy atom. The molecule has 2 atom stereocenters. The maximum atomic E-state index is 10.7. The fourth-order valence-electron chi connectivity index (χ4n) is 1.17. The van der Waals surface area contributed by atoms with Crippen LogP contribution in [0.2, 0.25) is 0 Å². The van der Waals surface area contributed by atoms with Gasteiger partial charge in [-0.2, -0.15) is 0 Å². The highest BCUT2D eigenvalue weighted by Gasteiger charge is 2.16. The Labute approximate surface area is 88.0 Å². The van der Waals surface area contributed by atoms with Crippen LogP contribution in [0.15, 0.2) is 24.3 Å². The highest BCUT2D eigenvalue weighted by molar-refractivity contribution is 7.21. The Balaban J connectivity index is 2.69. The van der Waals surface area contributed by atoms with Gasteiger partial charge in [-0.25, -0.2) is 0 Å². The topological polar surface area (TPSA) is 86.6 Å². The van der Waals surface area contributed by atoms with Crippen LogP contribution in [-0.4, -0.2) is 22.2 Å². The predicted molar refractivity (Wildman–Crippen MR) is 56.8 cm³/mol. The molecule has 0 bridgehead atoms. The number of carbonyl (C=O) groups is 1. The first kappa shape index (κ1) is 11.8. The van der Waals surface area contributed by atoms with E-state index in [-0.39, 0.29) is 12.2 Å². The minimum Gasteiger partial charge on any atom is -0.508 e. The molecule has 0 aromatic heterocycles. The Kier molecular flexibility index (Phi) is 4.34. The van der Waals surface area contributed by atoms with Crippen molar-refractivity contribution in [2.75, 3.05) is 0 Å². The Morgan fingerprint density at radius 2 is 2.00 bits per heavy atom. The second-order valence-corrected chi connectivity index (χ2v) is 3.61. The Morgan fingerprint density at radius 1 is 1.40 bits per heavy atom. The van der Waals surface area contributed by atoms with E-state index in [1.54, 1.807) is 12.1 Å². The van der Waals surface area contributed by atoms with Gasteiger partial charge < -0.3 is 14.8 Å². The lowest BCUT2D eigenvalue weighted by Gasteiger charge is -2.10. The molecule has 2 unspecified atom stereocenters. The molecule has 6 heteroatoms. The fraction of sp³-hybridized carbons (Fsp3) is 0.222. The second kappa shape index (κ2) is 5.53. The summed E-state index contributed by atoms with van der Waals surface area (Å²) in [5, 5.41) is 20.2. The van der Waals surface area contributed by atoms with Gasteiger partial charge in [0.1, 0.15) is 20.4 Å². The summed E-state index contributed by atoms with van der Waals surface area (Å²) in [4.78, 5) is 10.7. The predicted octanol–water partition coefficient (Wildman–Crippen LogP) is 0.649. The summed E-state index contributed by atoms with van der Waals surface area (Å²) in [7, 11) is -1.29. The average Bonchev–Trinajstić information content (AvgIpc) is 2.20. The van der Waals surface area contributed by atoms with Crippen LogP contribution in [0.25, 0.3) is 0 Å². The van der Waals surface area contributed by atoms with Crippen molar-refractivity contribution in [1.82, 2.24) is 5.09 Å². The molecule has 0 spiro atoms. The quantitative estimate of drug-likeness (QED) is 0.645. The van der Waals surface area contributed by atoms with E-state index in [2.05, 4.69) is 5.09 Å². The van der Waals surface area contributed by atoms with Crippen molar-refractivity contribution in [3.63, 3.8) is 0 Å². The van der Waals surface area contributed by atoms with Crippen molar-refractivity contribution in [3.05, 3.63) is 29.8 Å². The molecule has 1 rings (SSSR count). The number of phenols is 1. The van der Waals surface area contributed by atoms with Crippen LogP contribution in [0, 0.1) is 0 Å². The molecule has 0 aliphatic rings. The third-order valence-corrected chi connectivity index (χ3v) is 2.48. The minimum absolute atomic E-state index is 0.132. The molecule has 3 N–H and O–H groups in total. The number of nitrogens with one attached hydrogen (secondary N) is 1. The van der Waals surface area contributed by atoms with Gasteiger partial charge in [-0.05, 0) is 24.1 Å². The maximum Gasteiger partial charge on any atom is 0.321 e. The zero-order valence-electron chi connectivity index (χ0n) is 7.88. The van der Waals surface area contributed by atoms with Gasteiger partial charge in [0.25, 0.3) is 0 Å². The molecule has 0 heterocycles. The van der Waals surface area contributed by atoms with Gasteiger partial charge in [0.2, 0.25) is 0 Å². The summed E-state index contributed by atoms with van der Waals surface area (Å²) in [5.41, 5.74) is 0.764. The van der Waals surface area contributed by atoms with E-state index in [1.165, 1.54) is 12.1 Å². The normalized spacial score (nSPS) is 13.1. The van der Waals surface area contributed by atoms with Gasteiger partial charge in [-0.3, -0.25) is 9.88 Å². The number of hydrogen-bond donors (Lipinski definition) is 3. The van der Waals surface area contributed by atoms with Crippen LogP contribution in [0.4, 0.5) is 0 Å². The molecule has 0 amide bonds. The zero-order chi connectivity index (χ0) is 11.3. The first-order valence-corrected chi connectivity index (χ1v) is 5.38. The van der Waals surface area contributed by atoms with Crippen molar-refractivity contribution in [2.24, 2.45) is 0 Å². The van der Waals surface area contributed by atoms with Crippen molar-refractivity contribution in [1.29, 1.82) is 0 Å². The summed E-state index contributed by atoms with van der Waals surface area (Å²) in [6.45, 7) is 0. The number of hydrogen-bond acceptors (Lipinski definition) is 3. The molecule has 0 saturated carbocycles. The van der Waals surface area contributed by atoms with Gasteiger partial charge in [0, 0.05) is 0 Å². The second-order valence-electron chi connectivity index (χ2n) is 3.05. The number of carboxylic acids is 1. The summed E-state index contributed by atoms with van der Waals surface area (Å²) in [5.74, 6) is -0.903. The first-order valence-electron chi connectivity index (χ1n) is 4.34. The molecule has 0 aliphatic heterocycles. The molecule has 1 aromatic rings. The molecule has 0 saturated heterocycles. The standard InChI is InChI=1S/C9H12NO4P/c11-7-3-1-6(2-4-7)5-8(9(12)13)10-15-14/h1-4,8,11H,5,15H2,(H,10,14)(H,12,13). The zero-order valence-corrected chi connectivity index (χ0v) is 9.04. The lowest BCUT2D eigenvalue weighted by molar-refractivity contribution is -0.138. The van der Waals surface area contributed by atoms with Crippen molar-refractivity contribution >= 4 is 14.6 Å². The number of phenolic OH excluding ortho intramolecular Hbond substituents is 1. The van der Waals surface area contributed by atoms with E-state index < -0.39 is 20.6 Å². The molecule has 1 aromatic carbocycles. The van der Waals surface area contributed by atoms with Gasteiger partial charge in [0.05, 0.1) is 0 Å². The van der Waals surface area contributed by atoms with Crippen LogP contribution in [-0.2, 0) is 15.8 Å². The van der Waals surface area contributed by atoms with Crippen LogP contribution in [0.1, 0.15) is 5.56 Å². The summed E-state index contributed by atoms with van der Waals surface area (Å²) in [6, 6.07) is 5.39. The number of benzene rings is 1. The molecule has 15 heavy (non-hydrogen) atoms. The van der Waals surface area contributed by atoms with E-state index in [4.69, 9.17) is 10.2 Å². The highest BCUT2D eigenvalue weighted by atomic mass is 31.1. The monoisotopic (exact) mass is 229 g/mol. The van der Waals surface area contributed by atoms with Crippen molar-refractivity contribution in [3.8, 4) is 5.75 Å². The van der Waals surface area contributed by atoms with Crippen molar-refractivity contribution in [2.45, 2.75) is 12.5 Å². The SMILES string of the molecule is O=[PH2]NC(Cc1ccc(O)cc1)C(=O)O. The third-order valence-electron chi connectivity index (χ3n) is 1.94. The fourth-order valence-corrected chi connectivity index (χ4v) is 1.59. The van der Waals surface area contributed by atoms with Crippen LogP contribution < -0.4 is 5.09 Å². The maximum absolute atomic E-state index is 10.7. The average molecular weight is 229 g/mol. The van der Waals surface area contributed by atoms with E-state index in [1.807, 2.05) is 0 Å². The van der Waals surface area contributed by atoms with Crippen molar-refractivity contribution < 1.29 is 19.6 Å². The molecular formula is C9H12NO4P. The van der Waals surface area contributed by atoms with E-state index in [0.29, 0.717) is 0 Å². The smallest absolute Gasteiger partial charge is 0.321 e. The molecule has 82 valence electrons. The van der Waals surface area contributed by atoms with Gasteiger partial charge in [-0.1, -0.05) is 12.1 Å². The molecule has 0 aliphatic carbocycles. The van der Waals surface area contributed by atoms with E-state index in [0.717, 1.165) is 5.56 Å².